The second-order valence-electron chi connectivity index (χ2n) is 7.31. The van der Waals surface area contributed by atoms with E-state index in [1.54, 1.807) is 34.9 Å². The number of carbonyl (C=O) groups excluding carboxylic acids is 1. The fourth-order valence-corrected chi connectivity index (χ4v) is 3.59. The van der Waals surface area contributed by atoms with E-state index in [2.05, 4.69) is 10.4 Å². The summed E-state index contributed by atoms with van der Waals surface area (Å²) in [5, 5.41) is 12.1. The number of benzene rings is 3. The molecule has 2 aromatic heterocycles. The summed E-state index contributed by atoms with van der Waals surface area (Å²) in [4.78, 5) is 13.3. The third kappa shape index (κ3) is 4.12. The lowest BCUT2D eigenvalue weighted by Crippen LogP contribution is -2.13. The Bertz CT molecular complexity index is 1390. The van der Waals surface area contributed by atoms with Crippen LogP contribution >= 0.6 is 0 Å². The summed E-state index contributed by atoms with van der Waals surface area (Å²) in [5.41, 5.74) is 3.43. The molecule has 162 valence electrons. The summed E-state index contributed by atoms with van der Waals surface area (Å²) in [6.07, 6.45) is 3.53. The molecule has 7 heteroatoms. The number of ether oxygens (including phenoxy) is 1. The molecule has 0 aliphatic heterocycles. The Morgan fingerprint density at radius 3 is 2.12 bits per heavy atom. The van der Waals surface area contributed by atoms with Gasteiger partial charge in [-0.2, -0.15) is 10.2 Å². The molecule has 0 atom stereocenters. The van der Waals surface area contributed by atoms with Crippen LogP contribution in [0.3, 0.4) is 0 Å². The van der Waals surface area contributed by atoms with E-state index in [9.17, 15) is 4.79 Å². The average molecular weight is 435 g/mol. The average Bonchev–Trinajstić information content (AvgIpc) is 3.53. The first-order valence-electron chi connectivity index (χ1n) is 10.4. The molecule has 0 saturated carbocycles. The quantitative estimate of drug-likeness (QED) is 0.408. The molecule has 33 heavy (non-hydrogen) atoms. The van der Waals surface area contributed by atoms with Crippen molar-refractivity contribution in [1.29, 1.82) is 0 Å². The topological polar surface area (TPSA) is 74.0 Å². The summed E-state index contributed by atoms with van der Waals surface area (Å²) in [7, 11) is 1.60. The number of para-hydroxylation sites is 3. The molecule has 1 amide bonds. The lowest BCUT2D eigenvalue weighted by Gasteiger charge is -2.08. The number of hydrogen-bond acceptors (Lipinski definition) is 4. The van der Waals surface area contributed by atoms with Crippen LogP contribution < -0.4 is 10.1 Å². The lowest BCUT2D eigenvalue weighted by atomic mass is 10.1. The van der Waals surface area contributed by atoms with Gasteiger partial charge in [-0.3, -0.25) is 4.79 Å². The Labute approximate surface area is 190 Å². The zero-order valence-electron chi connectivity index (χ0n) is 17.9. The Balaban J connectivity index is 1.52. The fraction of sp³-hybridized carbons (Fsp3) is 0.0385. The first kappa shape index (κ1) is 20.3. The van der Waals surface area contributed by atoms with E-state index in [4.69, 9.17) is 9.84 Å². The number of nitrogens with one attached hydrogen (secondary N) is 1. The molecule has 0 bridgehead atoms. The molecule has 0 aliphatic carbocycles. The van der Waals surface area contributed by atoms with Crippen molar-refractivity contribution in [3.8, 4) is 28.4 Å². The maximum absolute atomic E-state index is 13.3. The van der Waals surface area contributed by atoms with Crippen LogP contribution in [-0.2, 0) is 0 Å². The molecule has 1 N–H and O–H groups in total. The van der Waals surface area contributed by atoms with Crippen LogP contribution in [0.25, 0.3) is 22.6 Å². The second-order valence-corrected chi connectivity index (χ2v) is 7.31. The van der Waals surface area contributed by atoms with Crippen LogP contribution in [0.5, 0.6) is 5.75 Å². The fourth-order valence-electron chi connectivity index (χ4n) is 3.59. The third-order valence-electron chi connectivity index (χ3n) is 5.19. The molecular formula is C26H21N5O2. The van der Waals surface area contributed by atoms with Gasteiger partial charge < -0.3 is 10.1 Å². The maximum atomic E-state index is 13.3. The van der Waals surface area contributed by atoms with Crippen molar-refractivity contribution in [3.05, 3.63) is 109 Å². The second kappa shape index (κ2) is 8.84. The molecule has 0 unspecified atom stereocenters. The Hall–Kier alpha value is -4.65. The number of nitrogens with zero attached hydrogens (tertiary/aromatic N) is 4. The predicted molar refractivity (Wildman–Crippen MR) is 127 cm³/mol. The number of hydrogen-bond donors (Lipinski definition) is 1. The summed E-state index contributed by atoms with van der Waals surface area (Å²) >= 11 is 0. The van der Waals surface area contributed by atoms with Crippen molar-refractivity contribution < 1.29 is 9.53 Å². The summed E-state index contributed by atoms with van der Waals surface area (Å²) in [6, 6.07) is 28.6. The molecule has 0 saturated heterocycles. The highest BCUT2D eigenvalue weighted by molar-refractivity contribution is 6.08. The van der Waals surface area contributed by atoms with Gasteiger partial charge in [0, 0.05) is 24.0 Å². The number of rotatable bonds is 6. The van der Waals surface area contributed by atoms with Crippen LogP contribution in [-0.4, -0.2) is 32.6 Å². The van der Waals surface area contributed by atoms with Gasteiger partial charge in [0.15, 0.2) is 5.82 Å². The predicted octanol–water partition coefficient (Wildman–Crippen LogP) is 4.99. The van der Waals surface area contributed by atoms with Crippen LogP contribution in [0, 0.1) is 0 Å². The summed E-state index contributed by atoms with van der Waals surface area (Å²) in [5.74, 6) is 0.775. The third-order valence-corrected chi connectivity index (χ3v) is 5.19. The van der Waals surface area contributed by atoms with E-state index in [0.29, 0.717) is 22.8 Å². The molecule has 0 radical (unpaired) electrons. The van der Waals surface area contributed by atoms with Crippen LogP contribution in [0.4, 0.5) is 5.82 Å². The molecule has 5 rings (SSSR count). The Morgan fingerprint density at radius 2 is 1.42 bits per heavy atom. The van der Waals surface area contributed by atoms with E-state index in [1.807, 2.05) is 84.9 Å². The Kier molecular flexibility index (Phi) is 5.43. The van der Waals surface area contributed by atoms with E-state index < -0.39 is 0 Å². The van der Waals surface area contributed by atoms with Crippen molar-refractivity contribution in [1.82, 2.24) is 19.6 Å². The standard InChI is InChI=1S/C26H21N5O2/c1-33-23-15-9-8-14-21(23)25-22(18-31(29-25)20-12-6-3-7-13-20)26(32)27-24-16-17-30(28-24)19-10-4-2-5-11-19/h2-18H,1H3,(H,27,28,32). The summed E-state index contributed by atoms with van der Waals surface area (Å²) < 4.78 is 8.93. The molecule has 3 aromatic carbocycles. The van der Waals surface area contributed by atoms with Crippen molar-refractivity contribution in [2.24, 2.45) is 0 Å². The molecular weight excluding hydrogens is 414 g/mol. The highest BCUT2D eigenvalue weighted by Gasteiger charge is 2.21. The number of amides is 1. The molecule has 0 fully saturated rings. The van der Waals surface area contributed by atoms with Gasteiger partial charge in [0.2, 0.25) is 0 Å². The minimum absolute atomic E-state index is 0.309. The van der Waals surface area contributed by atoms with E-state index in [-0.39, 0.29) is 5.91 Å². The largest absolute Gasteiger partial charge is 0.496 e. The van der Waals surface area contributed by atoms with Crippen LogP contribution in [0.1, 0.15) is 10.4 Å². The normalized spacial score (nSPS) is 10.7. The van der Waals surface area contributed by atoms with Gasteiger partial charge in [0.1, 0.15) is 11.4 Å². The molecule has 2 heterocycles. The monoisotopic (exact) mass is 435 g/mol. The van der Waals surface area contributed by atoms with E-state index in [1.165, 1.54) is 0 Å². The van der Waals surface area contributed by atoms with Crippen molar-refractivity contribution in [2.45, 2.75) is 0 Å². The van der Waals surface area contributed by atoms with Gasteiger partial charge in [0.05, 0.1) is 24.0 Å². The van der Waals surface area contributed by atoms with Gasteiger partial charge in [-0.15, -0.1) is 0 Å². The number of carbonyl (C=O) groups is 1. The molecule has 5 aromatic rings. The first-order valence-corrected chi connectivity index (χ1v) is 10.4. The van der Waals surface area contributed by atoms with Crippen molar-refractivity contribution in [2.75, 3.05) is 12.4 Å². The highest BCUT2D eigenvalue weighted by Crippen LogP contribution is 2.32. The molecule has 0 spiro atoms. The van der Waals surface area contributed by atoms with Gasteiger partial charge in [0.25, 0.3) is 5.91 Å². The maximum Gasteiger partial charge on any atom is 0.260 e. The Morgan fingerprint density at radius 1 is 0.788 bits per heavy atom. The zero-order valence-corrected chi connectivity index (χ0v) is 17.9. The summed E-state index contributed by atoms with van der Waals surface area (Å²) in [6.45, 7) is 0. The number of methoxy groups -OCH3 is 1. The van der Waals surface area contributed by atoms with Crippen LogP contribution in [0.15, 0.2) is 103 Å². The molecule has 0 aliphatic rings. The van der Waals surface area contributed by atoms with Crippen molar-refractivity contribution >= 4 is 11.7 Å². The zero-order chi connectivity index (χ0) is 22.6. The van der Waals surface area contributed by atoms with E-state index in [0.717, 1.165) is 16.9 Å². The van der Waals surface area contributed by atoms with Gasteiger partial charge >= 0.3 is 0 Å². The number of aromatic nitrogens is 4. The highest BCUT2D eigenvalue weighted by atomic mass is 16.5. The molecule has 7 nitrogen and oxygen atoms in total. The van der Waals surface area contributed by atoms with Crippen molar-refractivity contribution in [3.63, 3.8) is 0 Å². The SMILES string of the molecule is COc1ccccc1-c1nn(-c2ccccc2)cc1C(=O)Nc1ccn(-c2ccccc2)n1. The van der Waals surface area contributed by atoms with E-state index >= 15 is 0 Å². The number of anilines is 1. The minimum atomic E-state index is -0.309. The first-order chi connectivity index (χ1) is 16.2. The smallest absolute Gasteiger partial charge is 0.260 e. The van der Waals surface area contributed by atoms with Crippen LogP contribution in [0.2, 0.25) is 0 Å². The lowest BCUT2D eigenvalue weighted by molar-refractivity contribution is 0.102. The van der Waals surface area contributed by atoms with Gasteiger partial charge in [-0.05, 0) is 36.4 Å². The van der Waals surface area contributed by atoms with Gasteiger partial charge in [-0.25, -0.2) is 9.36 Å². The van der Waals surface area contributed by atoms with Gasteiger partial charge in [-0.1, -0.05) is 48.5 Å². The minimum Gasteiger partial charge on any atom is -0.496 e.